The van der Waals surface area contributed by atoms with Crippen molar-refractivity contribution in [3.63, 3.8) is 0 Å². The largest absolute Gasteiger partial charge is 0.384 e. The van der Waals surface area contributed by atoms with Crippen LogP contribution in [0, 0.1) is 4.77 Å². The van der Waals surface area contributed by atoms with Gasteiger partial charge >= 0.3 is 0 Å². The number of fused-ring (bicyclic) bond motifs is 1. The molecule has 0 aliphatic rings. The number of nitrogen functional groups attached to an aromatic ring is 1. The Bertz CT molecular complexity index is 482. The lowest BCUT2D eigenvalue weighted by Crippen LogP contribution is -1.93. The SMILES string of the molecule is Cn1c(=S)[nH]c2ccc(N)nc21. The van der Waals surface area contributed by atoms with Gasteiger partial charge in [-0.25, -0.2) is 4.98 Å². The van der Waals surface area contributed by atoms with E-state index in [2.05, 4.69) is 9.97 Å². The Kier molecular flexibility index (Phi) is 1.41. The standard InChI is InChI=1S/C7H8N4S/c1-11-6-4(9-7(11)12)2-3-5(8)10-6/h2-3H,1H3,(H2,8,10)(H,9,12). The molecule has 12 heavy (non-hydrogen) atoms. The second-order valence-corrected chi connectivity index (χ2v) is 2.98. The Morgan fingerprint density at radius 1 is 1.58 bits per heavy atom. The number of nitrogens with two attached hydrogens (primary N) is 1. The fourth-order valence-electron chi connectivity index (χ4n) is 1.11. The molecule has 0 atom stereocenters. The van der Waals surface area contributed by atoms with Gasteiger partial charge in [0.25, 0.3) is 0 Å². The fraction of sp³-hybridized carbons (Fsp3) is 0.143. The Morgan fingerprint density at radius 3 is 3.08 bits per heavy atom. The molecule has 2 aromatic rings. The third-order valence-electron chi connectivity index (χ3n) is 1.76. The molecule has 0 spiro atoms. The van der Waals surface area contributed by atoms with E-state index in [0.29, 0.717) is 10.6 Å². The highest BCUT2D eigenvalue weighted by molar-refractivity contribution is 7.71. The molecular formula is C7H8N4S. The molecule has 0 aromatic carbocycles. The Hall–Kier alpha value is -1.36. The smallest absolute Gasteiger partial charge is 0.179 e. The summed E-state index contributed by atoms with van der Waals surface area (Å²) in [5.74, 6) is 0.507. The summed E-state index contributed by atoms with van der Waals surface area (Å²) in [6.45, 7) is 0. The van der Waals surface area contributed by atoms with Crippen LogP contribution in [0.4, 0.5) is 5.82 Å². The first-order chi connectivity index (χ1) is 5.68. The van der Waals surface area contributed by atoms with Crippen LogP contribution in [0.2, 0.25) is 0 Å². The van der Waals surface area contributed by atoms with Crippen molar-refractivity contribution < 1.29 is 0 Å². The molecule has 3 N–H and O–H groups in total. The van der Waals surface area contributed by atoms with Crippen molar-refractivity contribution in [1.29, 1.82) is 0 Å². The topological polar surface area (TPSA) is 59.6 Å². The molecule has 2 rings (SSSR count). The lowest BCUT2D eigenvalue weighted by molar-refractivity contribution is 0.912. The summed E-state index contributed by atoms with van der Waals surface area (Å²) >= 11 is 5.02. The zero-order valence-electron chi connectivity index (χ0n) is 6.53. The molecule has 0 aliphatic carbocycles. The molecule has 0 unspecified atom stereocenters. The van der Waals surface area contributed by atoms with E-state index in [9.17, 15) is 0 Å². The Morgan fingerprint density at radius 2 is 2.33 bits per heavy atom. The number of imidazole rings is 1. The number of nitrogens with one attached hydrogen (secondary N) is 1. The van der Waals surface area contributed by atoms with Crippen LogP contribution in [-0.2, 0) is 7.05 Å². The predicted molar refractivity (Wildman–Crippen MR) is 50.3 cm³/mol. The molecular weight excluding hydrogens is 172 g/mol. The number of aromatic amines is 1. The average molecular weight is 180 g/mol. The van der Waals surface area contributed by atoms with Crippen LogP contribution < -0.4 is 5.73 Å². The minimum absolute atomic E-state index is 0.507. The number of pyridine rings is 1. The van der Waals surface area contributed by atoms with E-state index < -0.39 is 0 Å². The summed E-state index contributed by atoms with van der Waals surface area (Å²) in [4.78, 5) is 7.15. The van der Waals surface area contributed by atoms with Crippen molar-refractivity contribution in [3.8, 4) is 0 Å². The van der Waals surface area contributed by atoms with Crippen LogP contribution in [0.1, 0.15) is 0 Å². The third-order valence-corrected chi connectivity index (χ3v) is 2.14. The van der Waals surface area contributed by atoms with E-state index in [1.54, 1.807) is 10.6 Å². The summed E-state index contributed by atoms with van der Waals surface area (Å²) in [5.41, 5.74) is 7.23. The first-order valence-corrected chi connectivity index (χ1v) is 3.90. The quantitative estimate of drug-likeness (QED) is 0.599. The maximum atomic E-state index is 5.53. The molecule has 4 nitrogen and oxygen atoms in total. The second-order valence-electron chi connectivity index (χ2n) is 2.60. The molecule has 0 saturated heterocycles. The zero-order chi connectivity index (χ0) is 8.72. The number of H-pyrrole nitrogens is 1. The molecule has 5 heteroatoms. The van der Waals surface area contributed by atoms with Crippen LogP contribution in [-0.4, -0.2) is 14.5 Å². The molecule has 62 valence electrons. The van der Waals surface area contributed by atoms with Crippen molar-refractivity contribution >= 4 is 29.2 Å². The third kappa shape index (κ3) is 0.902. The summed E-state index contributed by atoms with van der Waals surface area (Å²) in [7, 11) is 1.85. The van der Waals surface area contributed by atoms with E-state index in [4.69, 9.17) is 18.0 Å². The summed E-state index contributed by atoms with van der Waals surface area (Å²) in [6, 6.07) is 3.61. The molecule has 0 amide bonds. The van der Waals surface area contributed by atoms with Gasteiger partial charge < -0.3 is 15.3 Å². The lowest BCUT2D eigenvalue weighted by Gasteiger charge is -1.93. The minimum Gasteiger partial charge on any atom is -0.384 e. The number of hydrogen-bond acceptors (Lipinski definition) is 3. The van der Waals surface area contributed by atoms with Crippen LogP contribution >= 0.6 is 12.2 Å². The van der Waals surface area contributed by atoms with E-state index in [1.807, 2.05) is 13.1 Å². The highest BCUT2D eigenvalue weighted by Crippen LogP contribution is 2.11. The maximum absolute atomic E-state index is 5.53. The monoisotopic (exact) mass is 180 g/mol. The summed E-state index contributed by atoms with van der Waals surface area (Å²) in [6.07, 6.45) is 0. The van der Waals surface area contributed by atoms with Crippen molar-refractivity contribution in [2.24, 2.45) is 7.05 Å². The Labute approximate surface area is 74.0 Å². The maximum Gasteiger partial charge on any atom is 0.179 e. The van der Waals surface area contributed by atoms with E-state index in [1.165, 1.54) is 0 Å². The van der Waals surface area contributed by atoms with Gasteiger partial charge in [0.15, 0.2) is 10.4 Å². The van der Waals surface area contributed by atoms with Crippen LogP contribution in [0.5, 0.6) is 0 Å². The molecule has 0 radical (unpaired) electrons. The number of aryl methyl sites for hydroxylation is 1. The van der Waals surface area contributed by atoms with Gasteiger partial charge in [-0.05, 0) is 24.4 Å². The van der Waals surface area contributed by atoms with E-state index in [0.717, 1.165) is 11.2 Å². The molecule has 2 heterocycles. The lowest BCUT2D eigenvalue weighted by atomic mass is 10.4. The molecule has 2 aromatic heterocycles. The van der Waals surface area contributed by atoms with Gasteiger partial charge in [-0.1, -0.05) is 0 Å². The number of nitrogens with zero attached hydrogens (tertiary/aromatic N) is 2. The van der Waals surface area contributed by atoms with Crippen molar-refractivity contribution in [2.75, 3.05) is 5.73 Å². The molecule has 0 bridgehead atoms. The van der Waals surface area contributed by atoms with Crippen molar-refractivity contribution in [3.05, 3.63) is 16.9 Å². The fourth-order valence-corrected chi connectivity index (χ4v) is 1.31. The van der Waals surface area contributed by atoms with Crippen molar-refractivity contribution in [1.82, 2.24) is 14.5 Å². The average Bonchev–Trinajstić information content (AvgIpc) is 2.31. The molecule has 0 saturated carbocycles. The zero-order valence-corrected chi connectivity index (χ0v) is 7.35. The van der Waals surface area contributed by atoms with Gasteiger partial charge in [0.05, 0.1) is 5.52 Å². The number of aromatic nitrogens is 3. The second kappa shape index (κ2) is 2.31. The van der Waals surface area contributed by atoms with Crippen LogP contribution in [0.25, 0.3) is 11.2 Å². The van der Waals surface area contributed by atoms with Crippen LogP contribution in [0.15, 0.2) is 12.1 Å². The molecule has 0 aliphatic heterocycles. The van der Waals surface area contributed by atoms with Gasteiger partial charge in [0.1, 0.15) is 5.82 Å². The first-order valence-electron chi connectivity index (χ1n) is 3.50. The Balaban J connectivity index is 2.98. The molecule has 0 fully saturated rings. The van der Waals surface area contributed by atoms with Gasteiger partial charge in [-0.2, -0.15) is 0 Å². The predicted octanol–water partition coefficient (Wildman–Crippen LogP) is 1.21. The highest BCUT2D eigenvalue weighted by Gasteiger charge is 2.00. The number of hydrogen-bond donors (Lipinski definition) is 2. The first kappa shape index (κ1) is 7.30. The number of rotatable bonds is 0. The normalized spacial score (nSPS) is 10.8. The van der Waals surface area contributed by atoms with E-state index >= 15 is 0 Å². The van der Waals surface area contributed by atoms with Gasteiger partial charge in [-0.15, -0.1) is 0 Å². The summed E-state index contributed by atoms with van der Waals surface area (Å²) < 4.78 is 2.45. The van der Waals surface area contributed by atoms with E-state index in [-0.39, 0.29) is 0 Å². The summed E-state index contributed by atoms with van der Waals surface area (Å²) in [5, 5.41) is 0. The van der Waals surface area contributed by atoms with Gasteiger partial charge in [-0.3, -0.25) is 0 Å². The number of anilines is 1. The minimum atomic E-state index is 0.507. The van der Waals surface area contributed by atoms with Crippen molar-refractivity contribution in [2.45, 2.75) is 0 Å². The van der Waals surface area contributed by atoms with Crippen LogP contribution in [0.3, 0.4) is 0 Å². The van der Waals surface area contributed by atoms with Gasteiger partial charge in [0.2, 0.25) is 0 Å². The highest BCUT2D eigenvalue weighted by atomic mass is 32.1. The van der Waals surface area contributed by atoms with Gasteiger partial charge in [0, 0.05) is 7.05 Å².